The zero-order chi connectivity index (χ0) is 24.0. The molecular weight excluding hydrogens is 486 g/mol. The van der Waals surface area contributed by atoms with Gasteiger partial charge in [0.2, 0.25) is 11.8 Å². The van der Waals surface area contributed by atoms with E-state index in [4.69, 9.17) is 4.74 Å². The van der Waals surface area contributed by atoms with Gasteiger partial charge in [0.25, 0.3) is 5.91 Å². The van der Waals surface area contributed by atoms with E-state index in [-0.39, 0.29) is 36.7 Å². The van der Waals surface area contributed by atoms with E-state index in [1.807, 2.05) is 26.0 Å². The molecule has 174 valence electrons. The first kappa shape index (κ1) is 24.5. The van der Waals surface area contributed by atoms with Gasteiger partial charge in [0, 0.05) is 35.4 Å². The minimum Gasteiger partial charge on any atom is -0.484 e. The summed E-state index contributed by atoms with van der Waals surface area (Å²) in [4.78, 5) is 38.6. The van der Waals surface area contributed by atoms with Crippen molar-refractivity contribution in [3.05, 3.63) is 64.7 Å². The van der Waals surface area contributed by atoms with Gasteiger partial charge in [-0.25, -0.2) is 0 Å². The molecule has 0 aromatic heterocycles. The number of rotatable bonds is 9. The predicted octanol–water partition coefficient (Wildman–Crippen LogP) is 3.99. The van der Waals surface area contributed by atoms with Crippen LogP contribution in [0.15, 0.2) is 53.5 Å². The topological polar surface area (TPSA) is 87.7 Å². The van der Waals surface area contributed by atoms with Gasteiger partial charge in [0.1, 0.15) is 5.75 Å². The van der Waals surface area contributed by atoms with Crippen LogP contribution in [0.5, 0.6) is 5.75 Å². The van der Waals surface area contributed by atoms with E-state index in [1.54, 1.807) is 35.2 Å². The smallest absolute Gasteiger partial charge is 0.262 e. The monoisotopic (exact) mass is 513 g/mol. The molecule has 1 saturated heterocycles. The summed E-state index contributed by atoms with van der Waals surface area (Å²) in [7, 11) is 0. The van der Waals surface area contributed by atoms with Gasteiger partial charge < -0.3 is 20.3 Å². The summed E-state index contributed by atoms with van der Waals surface area (Å²) in [5.41, 5.74) is 3.52. The Bertz CT molecular complexity index is 1050. The number of hydrogen-bond acceptors (Lipinski definition) is 4. The van der Waals surface area contributed by atoms with Gasteiger partial charge in [-0.1, -0.05) is 28.9 Å². The molecule has 7 nitrogen and oxygen atoms in total. The van der Waals surface area contributed by atoms with Crippen molar-refractivity contribution in [3.63, 3.8) is 0 Å². The molecule has 2 N–H and O–H groups in total. The lowest BCUT2D eigenvalue weighted by Gasteiger charge is -2.17. The van der Waals surface area contributed by atoms with Crippen LogP contribution in [0, 0.1) is 12.8 Å². The third kappa shape index (κ3) is 6.22. The SMILES string of the molecule is C=CCNC(=O)[C@@H]1CC(=O)N(c2ccc(OCC(=O)Nc3c(C)cc(Br)cc3CC)cc2)C1. The lowest BCUT2D eigenvalue weighted by Crippen LogP contribution is -2.32. The Balaban J connectivity index is 1.56. The van der Waals surface area contributed by atoms with Crippen molar-refractivity contribution in [2.75, 3.05) is 29.9 Å². The molecule has 0 bridgehead atoms. The van der Waals surface area contributed by atoms with Crippen LogP contribution < -0.4 is 20.3 Å². The van der Waals surface area contributed by atoms with Crippen molar-refractivity contribution in [2.24, 2.45) is 5.92 Å². The minimum absolute atomic E-state index is 0.0987. The van der Waals surface area contributed by atoms with Gasteiger partial charge in [-0.3, -0.25) is 14.4 Å². The van der Waals surface area contributed by atoms with Gasteiger partial charge in [-0.2, -0.15) is 0 Å². The van der Waals surface area contributed by atoms with E-state index in [2.05, 4.69) is 33.1 Å². The number of benzene rings is 2. The molecule has 0 unspecified atom stereocenters. The number of nitrogens with zero attached hydrogens (tertiary/aromatic N) is 1. The average molecular weight is 514 g/mol. The van der Waals surface area contributed by atoms with Gasteiger partial charge in [-0.15, -0.1) is 6.58 Å². The molecule has 1 atom stereocenters. The maximum absolute atomic E-state index is 12.4. The third-order valence-corrected chi connectivity index (χ3v) is 5.92. The van der Waals surface area contributed by atoms with Crippen LogP contribution in [-0.2, 0) is 20.8 Å². The van der Waals surface area contributed by atoms with Crippen molar-refractivity contribution >= 4 is 45.0 Å². The molecule has 2 aromatic rings. The van der Waals surface area contributed by atoms with Crippen LogP contribution in [0.25, 0.3) is 0 Å². The summed E-state index contributed by atoms with van der Waals surface area (Å²) in [5, 5.41) is 5.68. The molecule has 0 spiro atoms. The average Bonchev–Trinajstić information content (AvgIpc) is 3.19. The number of nitrogens with one attached hydrogen (secondary N) is 2. The fraction of sp³-hybridized carbons (Fsp3) is 0.320. The number of anilines is 2. The standard InChI is InChI=1S/C25H28BrN3O4/c1-4-10-27-25(32)18-13-23(31)29(14-18)20-6-8-21(9-7-20)33-15-22(30)28-24-16(3)11-19(26)12-17(24)5-2/h4,6-9,11-12,18H,1,5,10,13-15H2,2-3H3,(H,27,32)(H,28,30)/t18-/m1/s1. The van der Waals surface area contributed by atoms with Crippen molar-refractivity contribution in [1.82, 2.24) is 5.32 Å². The van der Waals surface area contributed by atoms with E-state index < -0.39 is 0 Å². The van der Waals surface area contributed by atoms with E-state index in [9.17, 15) is 14.4 Å². The zero-order valence-corrected chi connectivity index (χ0v) is 20.4. The number of hydrogen-bond donors (Lipinski definition) is 2. The molecule has 3 amide bonds. The van der Waals surface area contributed by atoms with Crippen LogP contribution in [0.3, 0.4) is 0 Å². The van der Waals surface area contributed by atoms with E-state index in [1.165, 1.54) is 0 Å². The lowest BCUT2D eigenvalue weighted by molar-refractivity contribution is -0.126. The van der Waals surface area contributed by atoms with Crippen LogP contribution >= 0.6 is 15.9 Å². The zero-order valence-electron chi connectivity index (χ0n) is 18.8. The van der Waals surface area contributed by atoms with Crippen molar-refractivity contribution < 1.29 is 19.1 Å². The minimum atomic E-state index is -0.382. The lowest BCUT2D eigenvalue weighted by atomic mass is 10.1. The van der Waals surface area contributed by atoms with Crippen LogP contribution in [0.4, 0.5) is 11.4 Å². The number of ether oxygens (including phenoxy) is 1. The first-order chi connectivity index (χ1) is 15.8. The fourth-order valence-corrected chi connectivity index (χ4v) is 4.39. The molecule has 3 rings (SSSR count). The van der Waals surface area contributed by atoms with E-state index >= 15 is 0 Å². The van der Waals surface area contributed by atoms with Gasteiger partial charge in [0.15, 0.2) is 6.61 Å². The largest absolute Gasteiger partial charge is 0.484 e. The van der Waals surface area contributed by atoms with E-state index in [0.29, 0.717) is 24.5 Å². The molecule has 0 saturated carbocycles. The van der Waals surface area contributed by atoms with E-state index in [0.717, 1.165) is 27.7 Å². The molecule has 8 heteroatoms. The highest BCUT2D eigenvalue weighted by molar-refractivity contribution is 9.10. The number of amides is 3. The molecule has 33 heavy (non-hydrogen) atoms. The third-order valence-electron chi connectivity index (χ3n) is 5.46. The van der Waals surface area contributed by atoms with Crippen molar-refractivity contribution in [2.45, 2.75) is 26.7 Å². The van der Waals surface area contributed by atoms with Crippen LogP contribution in [0.2, 0.25) is 0 Å². The Hall–Kier alpha value is -3.13. The number of aryl methyl sites for hydroxylation is 2. The second-order valence-electron chi connectivity index (χ2n) is 7.88. The quantitative estimate of drug-likeness (QED) is 0.496. The molecule has 1 heterocycles. The molecule has 1 aliphatic heterocycles. The summed E-state index contributed by atoms with van der Waals surface area (Å²) in [6.07, 6.45) is 2.58. The Labute approximate surface area is 202 Å². The van der Waals surface area contributed by atoms with Crippen LogP contribution in [0.1, 0.15) is 24.5 Å². The summed E-state index contributed by atoms with van der Waals surface area (Å²) >= 11 is 3.48. The molecule has 0 radical (unpaired) electrons. The summed E-state index contributed by atoms with van der Waals surface area (Å²) in [5.74, 6) is -0.360. The number of carbonyl (C=O) groups excluding carboxylic acids is 3. The Morgan fingerprint density at radius 1 is 1.27 bits per heavy atom. The normalized spacial score (nSPS) is 15.3. The predicted molar refractivity (Wildman–Crippen MR) is 132 cm³/mol. The highest BCUT2D eigenvalue weighted by Crippen LogP contribution is 2.28. The summed E-state index contributed by atoms with van der Waals surface area (Å²) in [6.45, 7) is 8.14. The van der Waals surface area contributed by atoms with Crippen molar-refractivity contribution in [3.8, 4) is 5.75 Å². The van der Waals surface area contributed by atoms with Gasteiger partial charge >= 0.3 is 0 Å². The summed E-state index contributed by atoms with van der Waals surface area (Å²) in [6, 6.07) is 10.9. The number of halogens is 1. The molecule has 0 aliphatic carbocycles. The maximum atomic E-state index is 12.4. The molecule has 1 aliphatic rings. The molecule has 2 aromatic carbocycles. The fourth-order valence-electron chi connectivity index (χ4n) is 3.77. The summed E-state index contributed by atoms with van der Waals surface area (Å²) < 4.78 is 6.61. The van der Waals surface area contributed by atoms with Gasteiger partial charge in [0.05, 0.1) is 5.92 Å². The highest BCUT2D eigenvalue weighted by Gasteiger charge is 2.34. The molecular formula is C25H28BrN3O4. The second kappa shape index (κ2) is 11.1. The number of carbonyl (C=O) groups is 3. The first-order valence-corrected chi connectivity index (χ1v) is 11.6. The Kier molecular flexibility index (Phi) is 8.27. The van der Waals surface area contributed by atoms with Crippen LogP contribution in [-0.4, -0.2) is 37.4 Å². The maximum Gasteiger partial charge on any atom is 0.262 e. The Morgan fingerprint density at radius 3 is 2.67 bits per heavy atom. The highest BCUT2D eigenvalue weighted by atomic mass is 79.9. The second-order valence-corrected chi connectivity index (χ2v) is 8.80. The van der Waals surface area contributed by atoms with Gasteiger partial charge in [-0.05, 0) is 60.9 Å². The first-order valence-electron chi connectivity index (χ1n) is 10.8. The van der Waals surface area contributed by atoms with Crippen molar-refractivity contribution in [1.29, 1.82) is 0 Å². The Morgan fingerprint density at radius 2 is 2.00 bits per heavy atom. The molecule has 1 fully saturated rings.